The minimum Gasteiger partial charge on any atom is -0.330 e. The molecule has 1 aliphatic rings. The van der Waals surface area contributed by atoms with Crippen molar-refractivity contribution < 1.29 is 4.79 Å². The van der Waals surface area contributed by atoms with Crippen LogP contribution in [-0.2, 0) is 25.7 Å². The predicted octanol–water partition coefficient (Wildman–Crippen LogP) is 5.35. The van der Waals surface area contributed by atoms with Crippen molar-refractivity contribution in [1.29, 1.82) is 0 Å². The van der Waals surface area contributed by atoms with E-state index in [1.807, 2.05) is 12.1 Å². The standard InChI is InChI=1S/C31H30N2O/c32-16-14-21-4-1-6-24(18-21)25-11-10-23-12-13-28-27(26-7-2-5-22(19-26)15-17-33)8-3-9-29(28)31(34)30(23)20-25/h1-11,18-20H,12-17,32-33H2. The lowest BCUT2D eigenvalue weighted by Gasteiger charge is -2.13. The summed E-state index contributed by atoms with van der Waals surface area (Å²) in [5.41, 5.74) is 22.3. The number of aryl methyl sites for hydroxylation is 1. The molecule has 0 spiro atoms. The fraction of sp³-hybridized carbons (Fsp3) is 0.194. The Morgan fingerprint density at radius 2 is 1.21 bits per heavy atom. The van der Waals surface area contributed by atoms with Gasteiger partial charge in [0.2, 0.25) is 0 Å². The first-order chi connectivity index (χ1) is 16.7. The van der Waals surface area contributed by atoms with Gasteiger partial charge >= 0.3 is 0 Å². The Morgan fingerprint density at radius 3 is 1.94 bits per heavy atom. The van der Waals surface area contributed by atoms with Gasteiger partial charge in [-0.05, 0) is 89.3 Å². The van der Waals surface area contributed by atoms with E-state index in [1.54, 1.807) is 0 Å². The van der Waals surface area contributed by atoms with Crippen LogP contribution in [0.5, 0.6) is 0 Å². The molecular weight excluding hydrogens is 416 g/mol. The maximum atomic E-state index is 13.8. The summed E-state index contributed by atoms with van der Waals surface area (Å²) in [6, 6.07) is 29.4. The van der Waals surface area contributed by atoms with E-state index in [4.69, 9.17) is 11.5 Å². The molecule has 0 aliphatic heterocycles. The number of hydrogen-bond acceptors (Lipinski definition) is 3. The third kappa shape index (κ3) is 4.33. The van der Waals surface area contributed by atoms with Crippen LogP contribution in [0.25, 0.3) is 22.3 Å². The molecule has 0 unspecified atom stereocenters. The fourth-order valence-electron chi connectivity index (χ4n) is 5.06. The summed E-state index contributed by atoms with van der Waals surface area (Å²) < 4.78 is 0. The van der Waals surface area contributed by atoms with Crippen LogP contribution in [0.3, 0.4) is 0 Å². The van der Waals surface area contributed by atoms with Crippen LogP contribution in [0.2, 0.25) is 0 Å². The summed E-state index contributed by atoms with van der Waals surface area (Å²) in [5, 5.41) is 0. The van der Waals surface area contributed by atoms with Crippen molar-refractivity contribution in [3.05, 3.63) is 118 Å². The van der Waals surface area contributed by atoms with Crippen molar-refractivity contribution in [1.82, 2.24) is 0 Å². The number of nitrogens with two attached hydrogens (primary N) is 2. The van der Waals surface area contributed by atoms with E-state index in [0.29, 0.717) is 13.1 Å². The van der Waals surface area contributed by atoms with E-state index < -0.39 is 0 Å². The van der Waals surface area contributed by atoms with Crippen molar-refractivity contribution in [3.8, 4) is 22.3 Å². The summed E-state index contributed by atoms with van der Waals surface area (Å²) in [6.45, 7) is 1.25. The Kier molecular flexibility index (Phi) is 6.39. The van der Waals surface area contributed by atoms with Crippen LogP contribution in [-0.4, -0.2) is 18.9 Å². The Bertz CT molecular complexity index is 1350. The van der Waals surface area contributed by atoms with E-state index >= 15 is 0 Å². The molecule has 34 heavy (non-hydrogen) atoms. The number of rotatable bonds is 6. The third-order valence-electron chi connectivity index (χ3n) is 6.78. The molecule has 0 heterocycles. The minimum absolute atomic E-state index is 0.113. The van der Waals surface area contributed by atoms with Crippen molar-refractivity contribution in [2.24, 2.45) is 11.5 Å². The van der Waals surface area contributed by atoms with Crippen LogP contribution in [0.1, 0.15) is 38.2 Å². The second-order valence-electron chi connectivity index (χ2n) is 9.01. The van der Waals surface area contributed by atoms with Crippen molar-refractivity contribution >= 4 is 5.78 Å². The number of fused-ring (bicyclic) bond motifs is 2. The molecule has 5 rings (SSSR count). The molecule has 0 amide bonds. The fourth-order valence-corrected chi connectivity index (χ4v) is 5.06. The monoisotopic (exact) mass is 446 g/mol. The molecule has 1 aliphatic carbocycles. The van der Waals surface area contributed by atoms with Gasteiger partial charge < -0.3 is 11.5 Å². The molecule has 4 aromatic rings. The lowest BCUT2D eigenvalue weighted by Crippen LogP contribution is -2.06. The highest BCUT2D eigenvalue weighted by Gasteiger charge is 2.24. The second-order valence-corrected chi connectivity index (χ2v) is 9.01. The minimum atomic E-state index is 0.113. The molecule has 0 bridgehead atoms. The predicted molar refractivity (Wildman–Crippen MR) is 140 cm³/mol. The molecule has 170 valence electrons. The molecular formula is C31H30N2O. The van der Waals surface area contributed by atoms with E-state index in [1.165, 1.54) is 11.1 Å². The Labute approximate surface area is 201 Å². The number of benzene rings is 4. The van der Waals surface area contributed by atoms with Gasteiger partial charge in [0.25, 0.3) is 0 Å². The van der Waals surface area contributed by atoms with E-state index in [0.717, 1.165) is 70.2 Å². The normalized spacial score (nSPS) is 12.7. The van der Waals surface area contributed by atoms with Crippen molar-refractivity contribution in [2.45, 2.75) is 25.7 Å². The van der Waals surface area contributed by atoms with E-state index in [2.05, 4.69) is 72.8 Å². The number of carbonyl (C=O) groups is 1. The average molecular weight is 447 g/mol. The summed E-state index contributed by atoms with van der Waals surface area (Å²) in [5.74, 6) is 0.113. The van der Waals surface area contributed by atoms with Gasteiger partial charge in [-0.15, -0.1) is 0 Å². The molecule has 0 saturated carbocycles. The highest BCUT2D eigenvalue weighted by molar-refractivity contribution is 6.12. The van der Waals surface area contributed by atoms with Gasteiger partial charge in [0, 0.05) is 11.1 Å². The Hall–Kier alpha value is -3.53. The lowest BCUT2D eigenvalue weighted by molar-refractivity contribution is 0.103. The topological polar surface area (TPSA) is 69.1 Å². The highest BCUT2D eigenvalue weighted by Crippen LogP contribution is 2.34. The van der Waals surface area contributed by atoms with Gasteiger partial charge in [0.15, 0.2) is 5.78 Å². The van der Waals surface area contributed by atoms with Crippen LogP contribution in [0.15, 0.2) is 84.9 Å². The third-order valence-corrected chi connectivity index (χ3v) is 6.78. The molecule has 4 aromatic carbocycles. The van der Waals surface area contributed by atoms with Gasteiger partial charge in [-0.1, -0.05) is 78.9 Å². The Morgan fingerprint density at radius 1 is 0.588 bits per heavy atom. The first kappa shape index (κ1) is 22.3. The van der Waals surface area contributed by atoms with Crippen LogP contribution >= 0.6 is 0 Å². The molecule has 0 radical (unpaired) electrons. The lowest BCUT2D eigenvalue weighted by atomic mass is 9.90. The first-order valence-corrected chi connectivity index (χ1v) is 12.1. The molecule has 0 saturated heterocycles. The van der Waals surface area contributed by atoms with Gasteiger partial charge in [0.05, 0.1) is 0 Å². The zero-order valence-corrected chi connectivity index (χ0v) is 19.4. The largest absolute Gasteiger partial charge is 0.330 e. The number of hydrogen-bond donors (Lipinski definition) is 2. The SMILES string of the molecule is NCCc1cccc(-c2ccc3c(c2)C(=O)c2cccc(-c4cccc(CCN)c4)c2CC3)c1. The maximum Gasteiger partial charge on any atom is 0.193 e. The molecule has 0 aromatic heterocycles. The molecule has 4 N–H and O–H groups in total. The smallest absolute Gasteiger partial charge is 0.193 e. The molecule has 0 fully saturated rings. The summed E-state index contributed by atoms with van der Waals surface area (Å²) >= 11 is 0. The zero-order valence-electron chi connectivity index (χ0n) is 19.4. The molecule has 3 heteroatoms. The van der Waals surface area contributed by atoms with Crippen LogP contribution in [0.4, 0.5) is 0 Å². The molecule has 3 nitrogen and oxygen atoms in total. The quantitative estimate of drug-likeness (QED) is 0.419. The average Bonchev–Trinajstić information content (AvgIpc) is 3.01. The highest BCUT2D eigenvalue weighted by atomic mass is 16.1. The van der Waals surface area contributed by atoms with Crippen molar-refractivity contribution in [3.63, 3.8) is 0 Å². The van der Waals surface area contributed by atoms with Gasteiger partial charge in [0.1, 0.15) is 0 Å². The Balaban J connectivity index is 1.55. The summed E-state index contributed by atoms with van der Waals surface area (Å²) in [6.07, 6.45) is 3.39. The van der Waals surface area contributed by atoms with E-state index in [-0.39, 0.29) is 5.78 Å². The van der Waals surface area contributed by atoms with Gasteiger partial charge in [-0.3, -0.25) is 4.79 Å². The number of carbonyl (C=O) groups excluding carboxylic acids is 1. The maximum absolute atomic E-state index is 13.8. The zero-order chi connectivity index (χ0) is 23.5. The van der Waals surface area contributed by atoms with Crippen LogP contribution in [0, 0.1) is 0 Å². The van der Waals surface area contributed by atoms with E-state index in [9.17, 15) is 4.79 Å². The van der Waals surface area contributed by atoms with Gasteiger partial charge in [-0.2, -0.15) is 0 Å². The second kappa shape index (κ2) is 9.76. The van der Waals surface area contributed by atoms with Crippen molar-refractivity contribution in [2.75, 3.05) is 13.1 Å². The van der Waals surface area contributed by atoms with Gasteiger partial charge in [-0.25, -0.2) is 0 Å². The molecule has 0 atom stereocenters. The van der Waals surface area contributed by atoms with Crippen LogP contribution < -0.4 is 11.5 Å². The summed E-state index contributed by atoms with van der Waals surface area (Å²) in [4.78, 5) is 13.8. The summed E-state index contributed by atoms with van der Waals surface area (Å²) in [7, 11) is 0. The number of ketones is 1. The first-order valence-electron chi connectivity index (χ1n) is 12.1.